The van der Waals surface area contributed by atoms with E-state index >= 15 is 0 Å². The fourth-order valence-electron chi connectivity index (χ4n) is 3.11. The van der Waals surface area contributed by atoms with Gasteiger partial charge in [0.1, 0.15) is 17.3 Å². The van der Waals surface area contributed by atoms with E-state index in [0.29, 0.717) is 28.7 Å². The molecule has 0 aromatic heterocycles. The zero-order chi connectivity index (χ0) is 23.6. The molecule has 0 amide bonds. The van der Waals surface area contributed by atoms with Crippen LogP contribution >= 0.6 is 12.2 Å². The van der Waals surface area contributed by atoms with Crippen LogP contribution in [0.1, 0.15) is 54.0 Å². The lowest BCUT2D eigenvalue weighted by Crippen LogP contribution is -1.95. The Morgan fingerprint density at radius 2 is 1.30 bits per heavy atom. The van der Waals surface area contributed by atoms with Crippen molar-refractivity contribution >= 4 is 23.1 Å². The largest absolute Gasteiger partial charge is 0.206 e. The van der Waals surface area contributed by atoms with Crippen molar-refractivity contribution < 1.29 is 13.2 Å². The van der Waals surface area contributed by atoms with Crippen LogP contribution in [-0.2, 0) is 6.42 Å². The molecule has 0 atom stereocenters. The van der Waals surface area contributed by atoms with Crippen molar-refractivity contribution in [2.45, 2.75) is 32.6 Å². The number of isothiocyanates is 1. The third-order valence-electron chi connectivity index (χ3n) is 4.85. The molecular formula is C28H20F3NS. The Hall–Kier alpha value is -3.63. The highest BCUT2D eigenvalue weighted by atomic mass is 32.1. The summed E-state index contributed by atoms with van der Waals surface area (Å²) >= 11 is 4.48. The van der Waals surface area contributed by atoms with Gasteiger partial charge in [-0.25, -0.2) is 13.2 Å². The molecule has 0 radical (unpaired) electrons. The first kappa shape index (κ1) is 24.0. The molecule has 164 valence electrons. The van der Waals surface area contributed by atoms with Gasteiger partial charge in [0.05, 0.1) is 10.7 Å². The monoisotopic (exact) mass is 459 g/mol. The molecule has 0 saturated carbocycles. The first-order valence-corrected chi connectivity index (χ1v) is 10.9. The summed E-state index contributed by atoms with van der Waals surface area (Å²) in [6.45, 7) is 2.08. The van der Waals surface area contributed by atoms with Crippen LogP contribution in [0.2, 0.25) is 0 Å². The maximum Gasteiger partial charge on any atom is 0.150 e. The van der Waals surface area contributed by atoms with E-state index in [4.69, 9.17) is 0 Å². The second-order valence-electron chi connectivity index (χ2n) is 7.34. The van der Waals surface area contributed by atoms with Gasteiger partial charge in [0.2, 0.25) is 0 Å². The smallest absolute Gasteiger partial charge is 0.150 e. The second kappa shape index (κ2) is 11.8. The first-order chi connectivity index (χ1) is 16.0. The average Bonchev–Trinajstić information content (AvgIpc) is 2.80. The molecule has 0 bridgehead atoms. The van der Waals surface area contributed by atoms with Gasteiger partial charge in [0.25, 0.3) is 0 Å². The molecule has 0 unspecified atom stereocenters. The fraction of sp³-hybridized carbons (Fsp3) is 0.179. The van der Waals surface area contributed by atoms with E-state index in [1.807, 2.05) is 0 Å². The Labute approximate surface area is 197 Å². The standard InChI is InChI=1S/C28H20F3NS/c1-2-3-4-5-23-17-25(29)24(26(30)18-23)14-12-21-8-6-20(7-9-21)10-11-22-13-15-28(32-19-33)27(31)16-22/h6-9,13,15-18H,2-5H2,1H3. The third kappa shape index (κ3) is 6.93. The molecule has 0 saturated heterocycles. The van der Waals surface area contributed by atoms with Crippen LogP contribution in [0.5, 0.6) is 0 Å². The number of hydrogen-bond donors (Lipinski definition) is 0. The predicted molar refractivity (Wildman–Crippen MR) is 129 cm³/mol. The third-order valence-corrected chi connectivity index (χ3v) is 4.94. The van der Waals surface area contributed by atoms with E-state index in [2.05, 4.69) is 53.0 Å². The predicted octanol–water partition coefficient (Wildman–Crippen LogP) is 7.37. The molecule has 0 spiro atoms. The van der Waals surface area contributed by atoms with Crippen molar-refractivity contribution in [1.82, 2.24) is 0 Å². The van der Waals surface area contributed by atoms with Crippen LogP contribution in [0, 0.1) is 41.1 Å². The van der Waals surface area contributed by atoms with Crippen LogP contribution in [-0.4, -0.2) is 5.16 Å². The molecule has 5 heteroatoms. The Balaban J connectivity index is 1.72. The Bertz CT molecular complexity index is 1290. The van der Waals surface area contributed by atoms with Crippen molar-refractivity contribution in [3.63, 3.8) is 0 Å². The zero-order valence-corrected chi connectivity index (χ0v) is 18.8. The van der Waals surface area contributed by atoms with Gasteiger partial charge in [0.15, 0.2) is 5.82 Å². The van der Waals surface area contributed by atoms with Gasteiger partial charge in [-0.1, -0.05) is 43.4 Å². The Morgan fingerprint density at radius 3 is 1.88 bits per heavy atom. The number of aryl methyl sites for hydroxylation is 1. The summed E-state index contributed by atoms with van der Waals surface area (Å²) in [4.78, 5) is 3.63. The number of benzene rings is 3. The average molecular weight is 460 g/mol. The van der Waals surface area contributed by atoms with Crippen LogP contribution in [0.3, 0.4) is 0 Å². The molecule has 0 fully saturated rings. The molecule has 0 aliphatic rings. The number of nitrogens with zero attached hydrogens (tertiary/aromatic N) is 1. The van der Waals surface area contributed by atoms with Gasteiger partial charge in [-0.2, -0.15) is 4.99 Å². The zero-order valence-electron chi connectivity index (χ0n) is 18.0. The lowest BCUT2D eigenvalue weighted by molar-refractivity contribution is 0.572. The van der Waals surface area contributed by atoms with Crippen molar-refractivity contribution in [1.29, 1.82) is 0 Å². The fourth-order valence-corrected chi connectivity index (χ4v) is 3.21. The van der Waals surface area contributed by atoms with E-state index in [-0.39, 0.29) is 11.3 Å². The van der Waals surface area contributed by atoms with Crippen molar-refractivity contribution in [3.05, 3.63) is 99.9 Å². The van der Waals surface area contributed by atoms with Crippen LogP contribution in [0.25, 0.3) is 0 Å². The van der Waals surface area contributed by atoms with Crippen molar-refractivity contribution in [2.24, 2.45) is 4.99 Å². The van der Waals surface area contributed by atoms with Gasteiger partial charge >= 0.3 is 0 Å². The minimum Gasteiger partial charge on any atom is -0.206 e. The molecule has 3 aromatic carbocycles. The number of unbranched alkanes of at least 4 members (excludes halogenated alkanes) is 2. The summed E-state index contributed by atoms with van der Waals surface area (Å²) in [7, 11) is 0. The van der Waals surface area contributed by atoms with E-state index < -0.39 is 17.5 Å². The molecule has 33 heavy (non-hydrogen) atoms. The molecule has 0 heterocycles. The number of hydrogen-bond acceptors (Lipinski definition) is 2. The summed E-state index contributed by atoms with van der Waals surface area (Å²) in [6.07, 6.45) is 3.63. The molecule has 0 aliphatic carbocycles. The molecule has 0 N–H and O–H groups in total. The maximum atomic E-state index is 14.3. The van der Waals surface area contributed by atoms with Crippen LogP contribution in [0.4, 0.5) is 18.9 Å². The summed E-state index contributed by atoms with van der Waals surface area (Å²) in [6, 6.07) is 14.0. The Morgan fingerprint density at radius 1 is 0.727 bits per heavy atom. The second-order valence-corrected chi connectivity index (χ2v) is 7.52. The summed E-state index contributed by atoms with van der Waals surface area (Å²) in [5, 5.41) is 2.13. The van der Waals surface area contributed by atoms with Gasteiger partial charge in [-0.05, 0) is 85.2 Å². The minimum absolute atomic E-state index is 0.109. The van der Waals surface area contributed by atoms with E-state index in [1.54, 1.807) is 30.3 Å². The first-order valence-electron chi connectivity index (χ1n) is 10.5. The Kier molecular flexibility index (Phi) is 8.62. The van der Waals surface area contributed by atoms with E-state index in [9.17, 15) is 13.2 Å². The van der Waals surface area contributed by atoms with Gasteiger partial charge in [0, 0.05) is 16.7 Å². The molecular weight excluding hydrogens is 439 g/mol. The van der Waals surface area contributed by atoms with E-state index in [0.717, 1.165) is 19.3 Å². The quantitative estimate of drug-likeness (QED) is 0.168. The van der Waals surface area contributed by atoms with Gasteiger partial charge in [-0.15, -0.1) is 0 Å². The molecule has 0 aliphatic heterocycles. The number of thiocarbonyl (C=S) groups is 1. The van der Waals surface area contributed by atoms with E-state index in [1.165, 1.54) is 24.3 Å². The highest BCUT2D eigenvalue weighted by Gasteiger charge is 2.09. The van der Waals surface area contributed by atoms with Crippen molar-refractivity contribution in [2.75, 3.05) is 0 Å². The molecule has 3 rings (SSSR count). The van der Waals surface area contributed by atoms with Crippen LogP contribution in [0.15, 0.2) is 59.6 Å². The highest BCUT2D eigenvalue weighted by Crippen LogP contribution is 2.18. The maximum absolute atomic E-state index is 14.3. The summed E-state index contributed by atoms with van der Waals surface area (Å²) in [5.74, 6) is 9.36. The number of halogens is 3. The number of rotatable bonds is 5. The summed E-state index contributed by atoms with van der Waals surface area (Å²) in [5.41, 5.74) is 2.30. The van der Waals surface area contributed by atoms with Crippen molar-refractivity contribution in [3.8, 4) is 23.7 Å². The lowest BCUT2D eigenvalue weighted by atomic mass is 10.0. The number of aliphatic imine (C=N–C) groups is 1. The molecule has 1 nitrogen and oxygen atoms in total. The normalized spacial score (nSPS) is 9.82. The highest BCUT2D eigenvalue weighted by molar-refractivity contribution is 7.78. The molecule has 3 aromatic rings. The van der Waals surface area contributed by atoms with Gasteiger partial charge < -0.3 is 0 Å². The summed E-state index contributed by atoms with van der Waals surface area (Å²) < 4.78 is 42.6. The topological polar surface area (TPSA) is 12.4 Å². The van der Waals surface area contributed by atoms with Crippen LogP contribution < -0.4 is 0 Å². The lowest BCUT2D eigenvalue weighted by Gasteiger charge is -2.04. The SMILES string of the molecule is CCCCCc1cc(F)c(C#Cc2ccc(C#Cc3ccc(N=C=S)c(F)c3)cc2)c(F)c1. The van der Waals surface area contributed by atoms with Gasteiger partial charge in [-0.3, -0.25) is 0 Å². The minimum atomic E-state index is -0.647.